The summed E-state index contributed by atoms with van der Waals surface area (Å²) in [6.07, 6.45) is 1.71. The quantitative estimate of drug-likeness (QED) is 0.885. The summed E-state index contributed by atoms with van der Waals surface area (Å²) in [4.78, 5) is 11.4. The van der Waals surface area contributed by atoms with Crippen molar-refractivity contribution in [1.29, 1.82) is 0 Å². The van der Waals surface area contributed by atoms with E-state index in [-0.39, 0.29) is 6.61 Å². The van der Waals surface area contributed by atoms with Crippen LogP contribution in [0.5, 0.6) is 0 Å². The van der Waals surface area contributed by atoms with E-state index in [4.69, 9.17) is 5.11 Å². The number of hydrogen-bond acceptors (Lipinski definition) is 6. The van der Waals surface area contributed by atoms with Crippen LogP contribution >= 0.6 is 22.7 Å². The third kappa shape index (κ3) is 2.53. The fourth-order valence-corrected chi connectivity index (χ4v) is 2.45. The monoisotopic (exact) mass is 241 g/mol. The average molecular weight is 241 g/mol. The highest BCUT2D eigenvalue weighted by atomic mass is 32.1. The molecule has 0 aliphatic carbocycles. The summed E-state index contributed by atoms with van der Waals surface area (Å²) in [6.45, 7) is 0.810. The second-order valence-corrected chi connectivity index (χ2v) is 4.92. The minimum absolute atomic E-state index is 0.0577. The van der Waals surface area contributed by atoms with Crippen LogP contribution in [-0.4, -0.2) is 22.1 Å². The molecule has 0 aliphatic heterocycles. The Morgan fingerprint density at radius 3 is 2.93 bits per heavy atom. The fraction of sp³-hybridized carbons (Fsp3) is 0.333. The molecule has 6 heteroatoms. The molecule has 0 unspecified atom stereocenters. The molecule has 0 amide bonds. The first-order valence-electron chi connectivity index (χ1n) is 4.43. The SMILES string of the molecule is CN(Cc1cscn1)c1ncc(CO)s1. The van der Waals surface area contributed by atoms with Crippen LogP contribution in [0.4, 0.5) is 5.13 Å². The van der Waals surface area contributed by atoms with E-state index in [0.29, 0.717) is 0 Å². The largest absolute Gasteiger partial charge is 0.391 e. The van der Waals surface area contributed by atoms with Crippen molar-refractivity contribution in [2.24, 2.45) is 0 Å². The van der Waals surface area contributed by atoms with Crippen molar-refractivity contribution in [3.05, 3.63) is 27.7 Å². The maximum Gasteiger partial charge on any atom is 0.185 e. The van der Waals surface area contributed by atoms with Gasteiger partial charge < -0.3 is 10.0 Å². The Morgan fingerprint density at radius 2 is 2.33 bits per heavy atom. The van der Waals surface area contributed by atoms with E-state index in [1.54, 1.807) is 17.5 Å². The Hall–Kier alpha value is -0.980. The molecule has 4 nitrogen and oxygen atoms in total. The van der Waals surface area contributed by atoms with Gasteiger partial charge in [0.05, 0.1) is 29.2 Å². The van der Waals surface area contributed by atoms with Crippen LogP contribution < -0.4 is 4.90 Å². The summed E-state index contributed by atoms with van der Waals surface area (Å²) in [5.41, 5.74) is 2.87. The van der Waals surface area contributed by atoms with E-state index in [1.165, 1.54) is 11.3 Å². The second-order valence-electron chi connectivity index (χ2n) is 3.10. The summed E-state index contributed by atoms with van der Waals surface area (Å²) < 4.78 is 0. The van der Waals surface area contributed by atoms with Gasteiger partial charge in [-0.1, -0.05) is 11.3 Å². The fourth-order valence-electron chi connectivity index (χ4n) is 1.17. The first-order chi connectivity index (χ1) is 7.29. The molecule has 2 rings (SSSR count). The Kier molecular flexibility index (Phi) is 3.30. The van der Waals surface area contributed by atoms with E-state index >= 15 is 0 Å². The van der Waals surface area contributed by atoms with Gasteiger partial charge in [-0.05, 0) is 0 Å². The van der Waals surface area contributed by atoms with E-state index in [9.17, 15) is 0 Å². The van der Waals surface area contributed by atoms with Crippen LogP contribution in [0.25, 0.3) is 0 Å². The van der Waals surface area contributed by atoms with Crippen LogP contribution in [0.1, 0.15) is 10.6 Å². The molecule has 0 spiro atoms. The Labute approximate surface area is 95.9 Å². The number of aliphatic hydroxyl groups excluding tert-OH is 1. The number of aliphatic hydroxyl groups is 1. The summed E-state index contributed by atoms with van der Waals surface area (Å²) in [5, 5.41) is 11.9. The minimum atomic E-state index is 0.0577. The van der Waals surface area contributed by atoms with Crippen molar-refractivity contribution >= 4 is 27.8 Å². The predicted molar refractivity (Wildman–Crippen MR) is 62.3 cm³/mol. The van der Waals surface area contributed by atoms with E-state index in [1.807, 2.05) is 22.8 Å². The standard InChI is InChI=1S/C9H11N3OS2/c1-12(3-7-5-14-6-11-7)9-10-2-8(4-13)15-9/h2,5-6,13H,3-4H2,1H3. The Balaban J connectivity index is 2.04. The topological polar surface area (TPSA) is 49.2 Å². The first kappa shape index (κ1) is 10.5. The van der Waals surface area contributed by atoms with Gasteiger partial charge in [0.15, 0.2) is 5.13 Å². The van der Waals surface area contributed by atoms with Crippen molar-refractivity contribution in [3.63, 3.8) is 0 Å². The van der Waals surface area contributed by atoms with E-state index < -0.39 is 0 Å². The van der Waals surface area contributed by atoms with Gasteiger partial charge in [0, 0.05) is 18.6 Å². The molecule has 2 heterocycles. The zero-order chi connectivity index (χ0) is 10.7. The highest BCUT2D eigenvalue weighted by Crippen LogP contribution is 2.22. The molecule has 0 atom stereocenters. The van der Waals surface area contributed by atoms with Gasteiger partial charge >= 0.3 is 0 Å². The molecule has 80 valence electrons. The summed E-state index contributed by atoms with van der Waals surface area (Å²) in [5.74, 6) is 0. The zero-order valence-electron chi connectivity index (χ0n) is 8.25. The van der Waals surface area contributed by atoms with Crippen molar-refractivity contribution < 1.29 is 5.11 Å². The van der Waals surface area contributed by atoms with Gasteiger partial charge in [0.1, 0.15) is 0 Å². The second kappa shape index (κ2) is 4.69. The molecule has 1 N–H and O–H groups in total. The third-order valence-electron chi connectivity index (χ3n) is 1.91. The van der Waals surface area contributed by atoms with Gasteiger partial charge in [-0.2, -0.15) is 0 Å². The van der Waals surface area contributed by atoms with Gasteiger partial charge in [-0.3, -0.25) is 0 Å². The molecule has 0 fully saturated rings. The third-order valence-corrected chi connectivity index (χ3v) is 3.64. The lowest BCUT2D eigenvalue weighted by atomic mass is 10.5. The van der Waals surface area contributed by atoms with Crippen LogP contribution in [-0.2, 0) is 13.2 Å². The number of anilines is 1. The normalized spacial score (nSPS) is 10.5. The molecule has 0 aromatic carbocycles. The zero-order valence-corrected chi connectivity index (χ0v) is 9.88. The molecule has 2 aromatic rings. The first-order valence-corrected chi connectivity index (χ1v) is 6.19. The van der Waals surface area contributed by atoms with Crippen molar-refractivity contribution in [2.45, 2.75) is 13.2 Å². The molecule has 2 aromatic heterocycles. The molecule has 0 aliphatic rings. The highest BCUT2D eigenvalue weighted by Gasteiger charge is 2.07. The lowest BCUT2D eigenvalue weighted by molar-refractivity contribution is 0.285. The smallest absolute Gasteiger partial charge is 0.185 e. The Morgan fingerprint density at radius 1 is 1.47 bits per heavy atom. The molecule has 0 bridgehead atoms. The molecule has 0 saturated carbocycles. The maximum absolute atomic E-state index is 8.93. The molecule has 0 saturated heterocycles. The van der Waals surface area contributed by atoms with Crippen molar-refractivity contribution in [3.8, 4) is 0 Å². The van der Waals surface area contributed by atoms with E-state index in [0.717, 1.165) is 22.2 Å². The molecular formula is C9H11N3OS2. The summed E-state index contributed by atoms with van der Waals surface area (Å²) >= 11 is 3.09. The van der Waals surface area contributed by atoms with Crippen LogP contribution in [0.2, 0.25) is 0 Å². The minimum Gasteiger partial charge on any atom is -0.391 e. The van der Waals surface area contributed by atoms with Crippen molar-refractivity contribution in [2.75, 3.05) is 11.9 Å². The van der Waals surface area contributed by atoms with Crippen LogP contribution in [0.15, 0.2) is 17.1 Å². The van der Waals surface area contributed by atoms with E-state index in [2.05, 4.69) is 9.97 Å². The highest BCUT2D eigenvalue weighted by molar-refractivity contribution is 7.15. The molecular weight excluding hydrogens is 230 g/mol. The number of nitrogens with zero attached hydrogens (tertiary/aromatic N) is 3. The van der Waals surface area contributed by atoms with Crippen molar-refractivity contribution in [1.82, 2.24) is 9.97 Å². The number of rotatable bonds is 4. The molecule has 0 radical (unpaired) electrons. The maximum atomic E-state index is 8.93. The number of aromatic nitrogens is 2. The van der Waals surface area contributed by atoms with Crippen LogP contribution in [0.3, 0.4) is 0 Å². The van der Waals surface area contributed by atoms with Gasteiger partial charge in [-0.25, -0.2) is 9.97 Å². The lowest BCUT2D eigenvalue weighted by Crippen LogP contribution is -2.16. The summed E-state index contributed by atoms with van der Waals surface area (Å²) in [6, 6.07) is 0. The van der Waals surface area contributed by atoms with Crippen LogP contribution in [0, 0.1) is 0 Å². The number of thiazole rings is 2. The van der Waals surface area contributed by atoms with Gasteiger partial charge in [0.2, 0.25) is 0 Å². The number of hydrogen-bond donors (Lipinski definition) is 1. The average Bonchev–Trinajstić information content (AvgIpc) is 2.86. The van der Waals surface area contributed by atoms with Gasteiger partial charge in [-0.15, -0.1) is 11.3 Å². The molecule has 15 heavy (non-hydrogen) atoms. The predicted octanol–water partition coefficient (Wildman–Crippen LogP) is 1.73. The van der Waals surface area contributed by atoms with Gasteiger partial charge in [0.25, 0.3) is 0 Å². The summed E-state index contributed by atoms with van der Waals surface area (Å²) in [7, 11) is 1.97. The Bertz CT molecular complexity index is 413. The lowest BCUT2D eigenvalue weighted by Gasteiger charge is -2.13.